The first kappa shape index (κ1) is 24.1. The quantitative estimate of drug-likeness (QED) is 0.597. The summed E-state index contributed by atoms with van der Waals surface area (Å²) in [4.78, 5) is 47.2. The third-order valence-corrected chi connectivity index (χ3v) is 7.43. The normalized spacial score (nSPS) is 22.0. The van der Waals surface area contributed by atoms with Crippen molar-refractivity contribution in [1.82, 2.24) is 20.1 Å². The van der Waals surface area contributed by atoms with Crippen LogP contribution in [0.25, 0.3) is 0 Å². The summed E-state index contributed by atoms with van der Waals surface area (Å²) >= 11 is 0. The van der Waals surface area contributed by atoms with Gasteiger partial charge in [0.2, 0.25) is 0 Å². The number of imide groups is 1. The molecule has 9 nitrogen and oxygen atoms in total. The van der Waals surface area contributed by atoms with Crippen LogP contribution in [0.4, 0.5) is 4.79 Å². The van der Waals surface area contributed by atoms with Crippen LogP contribution in [0.3, 0.4) is 0 Å². The Kier molecular flexibility index (Phi) is 6.80. The van der Waals surface area contributed by atoms with Crippen LogP contribution in [-0.2, 0) is 11.2 Å². The van der Waals surface area contributed by atoms with Gasteiger partial charge in [-0.15, -0.1) is 0 Å². The minimum absolute atomic E-state index is 0.0296. The number of benzene rings is 1. The van der Waals surface area contributed by atoms with E-state index in [4.69, 9.17) is 9.47 Å². The summed E-state index contributed by atoms with van der Waals surface area (Å²) in [6.45, 7) is 4.35. The highest BCUT2D eigenvalue weighted by molar-refractivity contribution is 6.07. The molecule has 2 aromatic rings. The van der Waals surface area contributed by atoms with E-state index >= 15 is 0 Å². The maximum absolute atomic E-state index is 13.6. The first-order valence-corrected chi connectivity index (χ1v) is 12.7. The molecule has 0 aliphatic carbocycles. The number of aromatic nitrogens is 1. The Morgan fingerprint density at radius 3 is 2.61 bits per heavy atom. The van der Waals surface area contributed by atoms with Gasteiger partial charge in [0, 0.05) is 43.5 Å². The molecule has 1 aromatic carbocycles. The van der Waals surface area contributed by atoms with Gasteiger partial charge < -0.3 is 19.7 Å². The Bertz CT molecular complexity index is 1130. The summed E-state index contributed by atoms with van der Waals surface area (Å²) < 4.78 is 11.2. The average Bonchev–Trinajstić information content (AvgIpc) is 3.16. The molecule has 5 rings (SSSR count). The molecule has 3 aliphatic rings. The summed E-state index contributed by atoms with van der Waals surface area (Å²) in [5.74, 6) is 1.00. The number of nitrogens with zero attached hydrogens (tertiary/aromatic N) is 3. The largest absolute Gasteiger partial charge is 0.486 e. The predicted molar refractivity (Wildman–Crippen MR) is 132 cm³/mol. The van der Waals surface area contributed by atoms with Gasteiger partial charge in [-0.2, -0.15) is 0 Å². The van der Waals surface area contributed by atoms with Gasteiger partial charge in [0.1, 0.15) is 18.8 Å². The number of piperidine rings is 1. The SMILES string of the molecule is CCC[C@]1(C2CCN(C(=O)c3ccc4c(c3)OCCO4)CC2)NC(=O)N(CCc2ccccn2)C1=O. The first-order chi connectivity index (χ1) is 17.5. The van der Waals surface area contributed by atoms with Gasteiger partial charge in [-0.25, -0.2) is 4.79 Å². The Balaban J connectivity index is 1.25. The minimum Gasteiger partial charge on any atom is -0.486 e. The van der Waals surface area contributed by atoms with Crippen molar-refractivity contribution in [2.24, 2.45) is 5.92 Å². The minimum atomic E-state index is -0.915. The maximum atomic E-state index is 13.6. The van der Waals surface area contributed by atoms with Gasteiger partial charge in [0.15, 0.2) is 11.5 Å². The summed E-state index contributed by atoms with van der Waals surface area (Å²) in [5.41, 5.74) is 0.492. The van der Waals surface area contributed by atoms with E-state index in [1.807, 2.05) is 30.0 Å². The molecule has 0 radical (unpaired) electrons. The molecule has 2 fully saturated rings. The average molecular weight is 493 g/mol. The molecular formula is C27H32N4O5. The van der Waals surface area contributed by atoms with E-state index in [9.17, 15) is 14.4 Å². The van der Waals surface area contributed by atoms with Crippen LogP contribution in [0.2, 0.25) is 0 Å². The number of carbonyl (C=O) groups excluding carboxylic acids is 3. The fourth-order valence-electron chi connectivity index (χ4n) is 5.60. The lowest BCUT2D eigenvalue weighted by Gasteiger charge is -2.41. The summed E-state index contributed by atoms with van der Waals surface area (Å²) in [6.07, 6.45) is 4.88. The number of carbonyl (C=O) groups is 3. The second-order valence-corrected chi connectivity index (χ2v) is 9.60. The van der Waals surface area contributed by atoms with Crippen LogP contribution in [-0.4, -0.2) is 71.0 Å². The number of hydrogen-bond donors (Lipinski definition) is 1. The van der Waals surface area contributed by atoms with Gasteiger partial charge in [0.25, 0.3) is 11.8 Å². The number of nitrogens with one attached hydrogen (secondary N) is 1. The van der Waals surface area contributed by atoms with Gasteiger partial charge >= 0.3 is 6.03 Å². The van der Waals surface area contributed by atoms with Crippen LogP contribution in [0.5, 0.6) is 11.5 Å². The molecular weight excluding hydrogens is 460 g/mol. The van der Waals surface area contributed by atoms with Crippen molar-refractivity contribution >= 4 is 17.8 Å². The van der Waals surface area contributed by atoms with Crippen molar-refractivity contribution < 1.29 is 23.9 Å². The molecule has 4 amide bonds. The van der Waals surface area contributed by atoms with E-state index in [1.165, 1.54) is 4.90 Å². The van der Waals surface area contributed by atoms with E-state index in [2.05, 4.69) is 10.3 Å². The number of ether oxygens (including phenoxy) is 2. The Morgan fingerprint density at radius 2 is 1.89 bits per heavy atom. The number of amides is 4. The summed E-state index contributed by atoms with van der Waals surface area (Å²) in [5, 5.41) is 3.07. The van der Waals surface area contributed by atoms with Gasteiger partial charge in [-0.1, -0.05) is 19.4 Å². The fourth-order valence-corrected chi connectivity index (χ4v) is 5.60. The Hall–Kier alpha value is -3.62. The first-order valence-electron chi connectivity index (χ1n) is 12.7. The van der Waals surface area contributed by atoms with Crippen molar-refractivity contribution in [3.63, 3.8) is 0 Å². The molecule has 0 saturated carbocycles. The third kappa shape index (κ3) is 4.50. The topological polar surface area (TPSA) is 101 Å². The Morgan fingerprint density at radius 1 is 1.11 bits per heavy atom. The van der Waals surface area contributed by atoms with Crippen LogP contribution in [0.1, 0.15) is 48.7 Å². The molecule has 1 aromatic heterocycles. The molecule has 0 bridgehead atoms. The second-order valence-electron chi connectivity index (χ2n) is 9.60. The van der Waals surface area contributed by atoms with Crippen molar-refractivity contribution in [1.29, 1.82) is 0 Å². The third-order valence-electron chi connectivity index (χ3n) is 7.43. The highest BCUT2D eigenvalue weighted by Crippen LogP contribution is 2.38. The van der Waals surface area contributed by atoms with Gasteiger partial charge in [-0.05, 0) is 55.5 Å². The lowest BCUT2D eigenvalue weighted by molar-refractivity contribution is -0.134. The number of fused-ring (bicyclic) bond motifs is 1. The van der Waals surface area contributed by atoms with E-state index < -0.39 is 5.54 Å². The van der Waals surface area contributed by atoms with Gasteiger partial charge in [-0.3, -0.25) is 19.5 Å². The van der Waals surface area contributed by atoms with Crippen LogP contribution < -0.4 is 14.8 Å². The van der Waals surface area contributed by atoms with Crippen molar-refractivity contribution in [3.05, 3.63) is 53.9 Å². The maximum Gasteiger partial charge on any atom is 0.325 e. The molecule has 0 unspecified atom stereocenters. The molecule has 2 saturated heterocycles. The smallest absolute Gasteiger partial charge is 0.325 e. The van der Waals surface area contributed by atoms with Crippen LogP contribution in [0, 0.1) is 5.92 Å². The summed E-state index contributed by atoms with van der Waals surface area (Å²) in [6, 6.07) is 10.6. The molecule has 4 heterocycles. The Labute approximate surface area is 210 Å². The van der Waals surface area contributed by atoms with Gasteiger partial charge in [0.05, 0.1) is 0 Å². The zero-order valence-corrected chi connectivity index (χ0v) is 20.6. The lowest BCUT2D eigenvalue weighted by Crippen LogP contribution is -2.56. The van der Waals surface area contributed by atoms with Crippen LogP contribution in [0.15, 0.2) is 42.6 Å². The predicted octanol–water partition coefficient (Wildman–Crippen LogP) is 3.04. The van der Waals surface area contributed by atoms with Crippen molar-refractivity contribution in [3.8, 4) is 11.5 Å². The monoisotopic (exact) mass is 492 g/mol. The highest BCUT2D eigenvalue weighted by Gasteiger charge is 2.55. The molecule has 190 valence electrons. The number of urea groups is 1. The fraction of sp³-hybridized carbons (Fsp3) is 0.481. The number of pyridine rings is 1. The van der Waals surface area contributed by atoms with E-state index in [0.29, 0.717) is 75.6 Å². The molecule has 0 spiro atoms. The van der Waals surface area contributed by atoms with E-state index in [0.717, 1.165) is 12.1 Å². The van der Waals surface area contributed by atoms with Crippen LogP contribution >= 0.6 is 0 Å². The molecule has 36 heavy (non-hydrogen) atoms. The van der Waals surface area contributed by atoms with E-state index in [-0.39, 0.29) is 23.8 Å². The van der Waals surface area contributed by atoms with E-state index in [1.54, 1.807) is 24.4 Å². The lowest BCUT2D eigenvalue weighted by atomic mass is 9.74. The molecule has 1 atom stereocenters. The number of likely N-dealkylation sites (tertiary alicyclic amines) is 1. The molecule has 1 N–H and O–H groups in total. The number of hydrogen-bond acceptors (Lipinski definition) is 6. The molecule has 9 heteroatoms. The van der Waals surface area contributed by atoms with Crippen molar-refractivity contribution in [2.75, 3.05) is 32.8 Å². The standard InChI is InChI=1S/C27H32N4O5/c1-2-11-27(25(33)31(26(34)29-27)15-10-21-5-3-4-12-28-21)20-8-13-30(14-9-20)24(32)19-6-7-22-23(18-19)36-17-16-35-22/h3-7,12,18,20H,2,8-11,13-17H2,1H3,(H,29,34)/t27-/m1/s1. The molecule has 3 aliphatic heterocycles. The second kappa shape index (κ2) is 10.2. The summed E-state index contributed by atoms with van der Waals surface area (Å²) in [7, 11) is 0. The highest BCUT2D eigenvalue weighted by atomic mass is 16.6. The van der Waals surface area contributed by atoms with Crippen molar-refractivity contribution in [2.45, 2.75) is 44.6 Å². The number of rotatable bonds is 7. The zero-order chi connectivity index (χ0) is 25.1. The zero-order valence-electron chi connectivity index (χ0n) is 20.6.